The van der Waals surface area contributed by atoms with Gasteiger partial charge in [0.15, 0.2) is 5.82 Å². The van der Waals surface area contributed by atoms with E-state index in [1.807, 2.05) is 11.9 Å². The van der Waals surface area contributed by atoms with Crippen molar-refractivity contribution in [3.8, 4) is 35.7 Å². The number of hydrogen-bond acceptors (Lipinski definition) is 8. The third-order valence-electron chi connectivity index (χ3n) is 10.6. The van der Waals surface area contributed by atoms with Crippen LogP contribution in [0.3, 0.4) is 0 Å². The Balaban J connectivity index is 1.39. The number of piperidine rings is 1. The lowest BCUT2D eigenvalue weighted by atomic mass is 9.82. The predicted molar refractivity (Wildman–Crippen MR) is 184 cm³/mol. The van der Waals surface area contributed by atoms with Crippen LogP contribution in [0.5, 0.6) is 6.01 Å². The van der Waals surface area contributed by atoms with Gasteiger partial charge < -0.3 is 15.0 Å². The summed E-state index contributed by atoms with van der Waals surface area (Å²) in [7, 11) is 1.90. The molecule has 2 aromatic heterocycles. The van der Waals surface area contributed by atoms with Crippen molar-refractivity contribution in [1.82, 2.24) is 25.2 Å². The minimum Gasteiger partial charge on any atom is -0.461 e. The van der Waals surface area contributed by atoms with E-state index in [2.05, 4.69) is 32.2 Å². The number of likely N-dealkylation sites (N-methyl/N-ethyl adjacent to an activating group) is 1. The SMILES string of the molecule is C#Cc1c(F)ccc2cc(C(C)(C)C#N)cc(-c3ncc4c(N(C)C[C@@H]5CCCCN5)nc(OC[C@@]56CCCN5C[C@H](F)C6)nc4c3F)c12. The number of terminal acetylenes is 1. The molecule has 0 aliphatic carbocycles. The second-order valence-electron chi connectivity index (χ2n) is 14.3. The van der Waals surface area contributed by atoms with E-state index in [9.17, 15) is 9.65 Å². The normalized spacial score (nSPS) is 22.6. The Morgan fingerprint density at radius 1 is 1.20 bits per heavy atom. The number of ether oxygens (including phenoxy) is 1. The summed E-state index contributed by atoms with van der Waals surface area (Å²) >= 11 is 0. The van der Waals surface area contributed by atoms with Crippen LogP contribution in [0.25, 0.3) is 32.9 Å². The molecule has 0 radical (unpaired) electrons. The first-order chi connectivity index (χ1) is 23.5. The van der Waals surface area contributed by atoms with Crippen molar-refractivity contribution >= 4 is 27.5 Å². The molecule has 5 heterocycles. The van der Waals surface area contributed by atoms with Crippen molar-refractivity contribution < 1.29 is 17.9 Å². The van der Waals surface area contributed by atoms with Gasteiger partial charge in [0.2, 0.25) is 0 Å². The highest BCUT2D eigenvalue weighted by Gasteiger charge is 2.49. The molecule has 0 spiro atoms. The van der Waals surface area contributed by atoms with Crippen molar-refractivity contribution in [2.75, 3.05) is 44.7 Å². The monoisotopic (exact) mass is 667 g/mol. The number of alkyl halides is 1. The quantitative estimate of drug-likeness (QED) is 0.215. The Morgan fingerprint density at radius 2 is 2.04 bits per heavy atom. The first kappa shape index (κ1) is 33.1. The van der Waals surface area contributed by atoms with E-state index in [1.54, 1.807) is 32.0 Å². The van der Waals surface area contributed by atoms with Gasteiger partial charge >= 0.3 is 6.01 Å². The fourth-order valence-corrected chi connectivity index (χ4v) is 7.90. The second kappa shape index (κ2) is 12.8. The van der Waals surface area contributed by atoms with Crippen molar-refractivity contribution in [2.45, 2.75) is 75.5 Å². The molecule has 3 aliphatic rings. The molecule has 0 amide bonds. The number of hydrogen-bond donors (Lipinski definition) is 1. The number of aromatic nitrogens is 3. The molecule has 1 N–H and O–H groups in total. The molecular weight excluding hydrogens is 627 g/mol. The Labute approximate surface area is 284 Å². The number of fused-ring (bicyclic) bond motifs is 3. The second-order valence-corrected chi connectivity index (χ2v) is 14.3. The van der Waals surface area contributed by atoms with Crippen LogP contribution in [0.1, 0.15) is 63.5 Å². The van der Waals surface area contributed by atoms with Crippen LogP contribution in [-0.4, -0.2) is 77.4 Å². The number of anilines is 1. The largest absolute Gasteiger partial charge is 0.461 e. The van der Waals surface area contributed by atoms with E-state index in [0.29, 0.717) is 47.1 Å². The maximum absolute atomic E-state index is 17.1. The first-order valence-electron chi connectivity index (χ1n) is 17.0. The summed E-state index contributed by atoms with van der Waals surface area (Å²) < 4.78 is 53.0. The van der Waals surface area contributed by atoms with Gasteiger partial charge in [-0.25, -0.2) is 13.2 Å². The molecule has 4 aromatic rings. The number of halogens is 3. The summed E-state index contributed by atoms with van der Waals surface area (Å²) in [5, 5.41) is 14.8. The topological polar surface area (TPSA) is 90.2 Å². The average Bonchev–Trinajstić information content (AvgIpc) is 3.63. The van der Waals surface area contributed by atoms with Crippen LogP contribution < -0.4 is 15.0 Å². The van der Waals surface area contributed by atoms with Gasteiger partial charge in [-0.2, -0.15) is 15.2 Å². The van der Waals surface area contributed by atoms with Crippen LogP contribution in [0, 0.1) is 35.3 Å². The van der Waals surface area contributed by atoms with Crippen LogP contribution >= 0.6 is 0 Å². The molecule has 0 unspecified atom stereocenters. The average molecular weight is 668 g/mol. The van der Waals surface area contributed by atoms with Gasteiger partial charge in [-0.15, -0.1) is 6.42 Å². The van der Waals surface area contributed by atoms with Gasteiger partial charge in [-0.05, 0) is 81.8 Å². The molecule has 2 aromatic carbocycles. The Bertz CT molecular complexity index is 2020. The molecular formula is C38H40F3N7O. The van der Waals surface area contributed by atoms with Crippen LogP contribution in [-0.2, 0) is 5.41 Å². The molecule has 0 bridgehead atoms. The third kappa shape index (κ3) is 5.94. The van der Waals surface area contributed by atoms with Crippen molar-refractivity contribution in [3.05, 3.63) is 53.2 Å². The van der Waals surface area contributed by atoms with E-state index in [1.165, 1.54) is 12.3 Å². The Morgan fingerprint density at radius 3 is 2.80 bits per heavy atom. The summed E-state index contributed by atoms with van der Waals surface area (Å²) in [6, 6.07) is 8.79. The van der Waals surface area contributed by atoms with Crippen LogP contribution in [0.15, 0.2) is 30.5 Å². The highest BCUT2D eigenvalue weighted by Crippen LogP contribution is 2.42. The highest BCUT2D eigenvalue weighted by molar-refractivity contribution is 6.02. The number of rotatable bonds is 8. The summed E-state index contributed by atoms with van der Waals surface area (Å²) in [4.78, 5) is 18.1. The molecule has 49 heavy (non-hydrogen) atoms. The summed E-state index contributed by atoms with van der Waals surface area (Å²) in [6.45, 7) is 6.45. The fourth-order valence-electron chi connectivity index (χ4n) is 7.90. The lowest BCUT2D eigenvalue weighted by molar-refractivity contribution is 0.107. The number of benzene rings is 2. The van der Waals surface area contributed by atoms with Gasteiger partial charge in [-0.1, -0.05) is 18.4 Å². The van der Waals surface area contributed by atoms with Crippen LogP contribution in [0.4, 0.5) is 19.0 Å². The lowest BCUT2D eigenvalue weighted by Crippen LogP contribution is -2.44. The molecule has 3 saturated heterocycles. The zero-order valence-corrected chi connectivity index (χ0v) is 28.1. The smallest absolute Gasteiger partial charge is 0.319 e. The van der Waals surface area contributed by atoms with Gasteiger partial charge in [0.05, 0.1) is 28.0 Å². The zero-order chi connectivity index (χ0) is 34.5. The molecule has 0 saturated carbocycles. The van der Waals surface area contributed by atoms with E-state index in [-0.39, 0.29) is 41.0 Å². The van der Waals surface area contributed by atoms with E-state index in [4.69, 9.17) is 16.1 Å². The minimum absolute atomic E-state index is 0.00915. The third-order valence-corrected chi connectivity index (χ3v) is 10.6. The predicted octanol–water partition coefficient (Wildman–Crippen LogP) is 6.44. The minimum atomic E-state index is -0.945. The molecule has 3 fully saturated rings. The van der Waals surface area contributed by atoms with Gasteiger partial charge in [0.1, 0.15) is 35.6 Å². The molecule has 254 valence electrons. The van der Waals surface area contributed by atoms with Crippen molar-refractivity contribution in [1.29, 1.82) is 5.26 Å². The molecule has 11 heteroatoms. The number of pyridine rings is 1. The van der Waals surface area contributed by atoms with E-state index >= 15 is 8.78 Å². The first-order valence-corrected chi connectivity index (χ1v) is 17.0. The summed E-state index contributed by atoms with van der Waals surface area (Å²) in [5.41, 5.74) is -0.654. The fraction of sp³-hybridized carbons (Fsp3) is 0.474. The van der Waals surface area contributed by atoms with Gasteiger partial charge in [0.25, 0.3) is 0 Å². The van der Waals surface area contributed by atoms with Crippen molar-refractivity contribution in [3.63, 3.8) is 0 Å². The molecule has 8 nitrogen and oxygen atoms in total. The Kier molecular flexibility index (Phi) is 8.62. The van der Waals surface area contributed by atoms with E-state index < -0.39 is 28.8 Å². The molecule has 3 aliphatic heterocycles. The van der Waals surface area contributed by atoms with Gasteiger partial charge in [-0.3, -0.25) is 9.88 Å². The standard InChI is InChI=1S/C38H40F3N7O/c1-5-27-30(40)11-10-23-15-24(37(2,3)21-42)16-28(31(23)27)33-32(41)34-29(18-44-33)35(47(4)20-26-9-6-7-13-43-26)46-36(45-34)49-22-38-12-8-14-48(38)19-25(39)17-38/h1,10-11,15-16,18,25-26,43H,6-9,12-14,17,19-20,22H2,2-4H3/t25-,26+,38+/m1/s1. The summed E-state index contributed by atoms with van der Waals surface area (Å²) in [5.74, 6) is 1.52. The maximum atomic E-state index is 17.1. The molecule has 3 atom stereocenters. The van der Waals surface area contributed by atoms with E-state index in [0.717, 1.165) is 45.2 Å². The number of nitrogens with one attached hydrogen (secondary N) is 1. The number of nitriles is 1. The molecule has 7 rings (SSSR count). The van der Waals surface area contributed by atoms with Crippen molar-refractivity contribution in [2.24, 2.45) is 0 Å². The highest BCUT2D eigenvalue weighted by atomic mass is 19.1. The lowest BCUT2D eigenvalue weighted by Gasteiger charge is -2.31. The summed E-state index contributed by atoms with van der Waals surface area (Å²) in [6.07, 6.45) is 11.8. The number of nitrogens with zero attached hydrogens (tertiary/aromatic N) is 6. The maximum Gasteiger partial charge on any atom is 0.319 e. The zero-order valence-electron chi connectivity index (χ0n) is 28.1. The Hall–Kier alpha value is -4.45. The van der Waals surface area contributed by atoms with Crippen LogP contribution in [0.2, 0.25) is 0 Å². The van der Waals surface area contributed by atoms with Gasteiger partial charge in [0, 0.05) is 49.7 Å².